The first-order valence-electron chi connectivity index (χ1n) is 7.23. The monoisotopic (exact) mass is 336 g/mol. The first-order chi connectivity index (χ1) is 11.6. The van der Waals surface area contributed by atoms with Crippen LogP contribution in [0.2, 0.25) is 0 Å². The minimum Gasteiger partial charge on any atom is -0.508 e. The summed E-state index contributed by atoms with van der Waals surface area (Å²) in [6.07, 6.45) is 3.46. The zero-order chi connectivity index (χ0) is 16.7. The minimum atomic E-state index is -0.326. The Bertz CT molecular complexity index is 1060. The molecule has 0 saturated carbocycles. The Balaban J connectivity index is 1.83. The van der Waals surface area contributed by atoms with Crippen LogP contribution in [0.25, 0.3) is 17.3 Å². The van der Waals surface area contributed by atoms with E-state index in [4.69, 9.17) is 0 Å². The van der Waals surface area contributed by atoms with Gasteiger partial charge in [-0.1, -0.05) is 35.6 Å². The maximum absolute atomic E-state index is 12.3. The molecule has 24 heavy (non-hydrogen) atoms. The first kappa shape index (κ1) is 14.5. The third kappa shape index (κ3) is 2.33. The second-order valence-electron chi connectivity index (χ2n) is 5.29. The molecule has 0 radical (unpaired) electrons. The summed E-state index contributed by atoms with van der Waals surface area (Å²) in [6, 6.07) is 13.9. The average Bonchev–Trinajstić information content (AvgIpc) is 3.09. The summed E-state index contributed by atoms with van der Waals surface area (Å²) >= 11 is 0.941. The number of nitrogens with zero attached hydrogens (tertiary/aromatic N) is 2. The molecule has 5 nitrogen and oxygen atoms in total. The van der Waals surface area contributed by atoms with E-state index in [0.29, 0.717) is 10.6 Å². The van der Waals surface area contributed by atoms with Gasteiger partial charge in [-0.15, -0.1) is 0 Å². The normalized spacial score (nSPS) is 14.2. The van der Waals surface area contributed by atoms with E-state index in [1.165, 1.54) is 16.7 Å². The number of allylic oxidation sites excluding steroid dienone is 1. The molecule has 0 bridgehead atoms. The maximum atomic E-state index is 12.3. The molecule has 1 aromatic heterocycles. The van der Waals surface area contributed by atoms with E-state index in [9.17, 15) is 15.0 Å². The lowest BCUT2D eigenvalue weighted by atomic mass is 10.1. The van der Waals surface area contributed by atoms with Crippen molar-refractivity contribution in [2.75, 3.05) is 0 Å². The molecule has 0 amide bonds. The predicted molar refractivity (Wildman–Crippen MR) is 95.7 cm³/mol. The first-order valence-corrected chi connectivity index (χ1v) is 8.04. The summed E-state index contributed by atoms with van der Waals surface area (Å²) in [7, 11) is 0. The van der Waals surface area contributed by atoms with Crippen LogP contribution in [-0.4, -0.2) is 21.0 Å². The fourth-order valence-electron chi connectivity index (χ4n) is 2.63. The number of fused-ring (bicyclic) bond motifs is 1. The zero-order valence-electron chi connectivity index (χ0n) is 12.4. The number of aliphatic imine (C=N–C) groups is 1. The van der Waals surface area contributed by atoms with Crippen molar-refractivity contribution in [3.8, 4) is 17.3 Å². The number of para-hydroxylation sites is 1. The number of benzene rings is 2. The van der Waals surface area contributed by atoms with E-state index >= 15 is 0 Å². The predicted octanol–water partition coefficient (Wildman–Crippen LogP) is 3.57. The van der Waals surface area contributed by atoms with Crippen LogP contribution in [0.5, 0.6) is 11.6 Å². The third-order valence-corrected chi connectivity index (χ3v) is 4.62. The van der Waals surface area contributed by atoms with Crippen molar-refractivity contribution in [3.63, 3.8) is 0 Å². The Morgan fingerprint density at radius 3 is 2.75 bits per heavy atom. The van der Waals surface area contributed by atoms with Gasteiger partial charge in [-0.05, 0) is 24.3 Å². The summed E-state index contributed by atoms with van der Waals surface area (Å²) in [4.78, 5) is 16.7. The van der Waals surface area contributed by atoms with Crippen LogP contribution in [0.1, 0.15) is 10.4 Å². The molecule has 118 valence electrons. The third-order valence-electron chi connectivity index (χ3n) is 3.74. The van der Waals surface area contributed by atoms with Gasteiger partial charge < -0.3 is 10.2 Å². The maximum Gasteiger partial charge on any atom is 0.315 e. The highest BCUT2D eigenvalue weighted by Gasteiger charge is 2.17. The molecule has 0 atom stereocenters. The van der Waals surface area contributed by atoms with Crippen molar-refractivity contribution < 1.29 is 10.2 Å². The van der Waals surface area contributed by atoms with Crippen LogP contribution in [0, 0.1) is 0 Å². The van der Waals surface area contributed by atoms with Crippen LogP contribution in [0.15, 0.2) is 58.3 Å². The minimum absolute atomic E-state index is 0.0294. The Morgan fingerprint density at radius 1 is 1.08 bits per heavy atom. The van der Waals surface area contributed by atoms with E-state index in [0.717, 1.165) is 28.2 Å². The summed E-state index contributed by atoms with van der Waals surface area (Å²) < 4.78 is 1.18. The highest BCUT2D eigenvalue weighted by molar-refractivity contribution is 7.10. The van der Waals surface area contributed by atoms with Crippen molar-refractivity contribution in [2.45, 2.75) is 0 Å². The topological polar surface area (TPSA) is 74.8 Å². The highest BCUT2D eigenvalue weighted by atomic mass is 32.1. The molecule has 0 fully saturated rings. The lowest BCUT2D eigenvalue weighted by Gasteiger charge is -2.04. The summed E-state index contributed by atoms with van der Waals surface area (Å²) in [5.41, 5.74) is 3.08. The Labute approximate surface area is 141 Å². The van der Waals surface area contributed by atoms with Crippen LogP contribution in [-0.2, 0) is 0 Å². The van der Waals surface area contributed by atoms with Gasteiger partial charge in [-0.2, -0.15) is 0 Å². The van der Waals surface area contributed by atoms with Crippen LogP contribution in [0.4, 0.5) is 5.69 Å². The van der Waals surface area contributed by atoms with E-state index in [2.05, 4.69) is 4.99 Å². The molecule has 1 aliphatic heterocycles. The molecule has 4 rings (SSSR count). The van der Waals surface area contributed by atoms with E-state index in [1.807, 2.05) is 24.3 Å². The number of phenolic OH excluding ortho intramolecular Hbond substituents is 1. The quantitative estimate of drug-likeness (QED) is 0.751. The Hall–Kier alpha value is -3.12. The van der Waals surface area contributed by atoms with Crippen molar-refractivity contribution >= 4 is 34.9 Å². The molecule has 2 aromatic carbocycles. The lowest BCUT2D eigenvalue weighted by Crippen LogP contribution is -2.09. The van der Waals surface area contributed by atoms with Gasteiger partial charge in [0.05, 0.1) is 16.3 Å². The largest absolute Gasteiger partial charge is 0.508 e. The van der Waals surface area contributed by atoms with Gasteiger partial charge in [0.25, 0.3) is 0 Å². The van der Waals surface area contributed by atoms with Gasteiger partial charge in [-0.25, -0.2) is 4.57 Å². The van der Waals surface area contributed by atoms with Gasteiger partial charge in [0.1, 0.15) is 5.75 Å². The van der Waals surface area contributed by atoms with E-state index in [-0.39, 0.29) is 16.5 Å². The van der Waals surface area contributed by atoms with Crippen LogP contribution in [0.3, 0.4) is 0 Å². The molecular weight excluding hydrogens is 324 g/mol. The van der Waals surface area contributed by atoms with E-state index in [1.54, 1.807) is 24.4 Å². The van der Waals surface area contributed by atoms with Gasteiger partial charge >= 0.3 is 4.87 Å². The second-order valence-corrected chi connectivity index (χ2v) is 6.28. The van der Waals surface area contributed by atoms with Crippen molar-refractivity contribution in [1.29, 1.82) is 0 Å². The van der Waals surface area contributed by atoms with Crippen molar-refractivity contribution in [3.05, 3.63) is 68.6 Å². The lowest BCUT2D eigenvalue weighted by molar-refractivity contribution is 0.439. The second kappa shape index (κ2) is 5.50. The molecule has 0 aliphatic carbocycles. The number of hydrogen-bond acceptors (Lipinski definition) is 5. The summed E-state index contributed by atoms with van der Waals surface area (Å²) in [5.74, 6) is -0.123. The number of thiazole rings is 1. The number of aromatic hydroxyl groups is 2. The van der Waals surface area contributed by atoms with Crippen molar-refractivity contribution in [1.82, 2.24) is 4.57 Å². The van der Waals surface area contributed by atoms with Gasteiger partial charge in [0.2, 0.25) is 5.88 Å². The fraction of sp³-hybridized carbons (Fsp3) is 0. The number of phenols is 1. The average molecular weight is 336 g/mol. The summed E-state index contributed by atoms with van der Waals surface area (Å²) in [6.45, 7) is 0. The zero-order valence-corrected chi connectivity index (χ0v) is 13.2. The van der Waals surface area contributed by atoms with Crippen molar-refractivity contribution in [2.24, 2.45) is 4.99 Å². The molecule has 2 N–H and O–H groups in total. The molecular formula is C18H12N2O3S. The fourth-order valence-corrected chi connectivity index (χ4v) is 3.47. The molecule has 0 spiro atoms. The molecule has 0 saturated heterocycles. The number of rotatable bonds is 2. The van der Waals surface area contributed by atoms with Gasteiger partial charge in [-0.3, -0.25) is 9.79 Å². The van der Waals surface area contributed by atoms with Crippen LogP contribution < -0.4 is 4.87 Å². The highest BCUT2D eigenvalue weighted by Crippen LogP contribution is 2.35. The molecule has 6 heteroatoms. The smallest absolute Gasteiger partial charge is 0.315 e. The number of aromatic nitrogens is 1. The molecule has 3 aromatic rings. The Morgan fingerprint density at radius 2 is 1.92 bits per heavy atom. The molecule has 2 heterocycles. The molecule has 0 unspecified atom stereocenters. The van der Waals surface area contributed by atoms with Crippen LogP contribution >= 0.6 is 11.3 Å². The summed E-state index contributed by atoms with van der Waals surface area (Å²) in [5, 5.41) is 20.0. The van der Waals surface area contributed by atoms with Gasteiger partial charge in [0.15, 0.2) is 0 Å². The Kier molecular flexibility index (Phi) is 3.32. The SMILES string of the molecule is O=c1sc(/C=C2/C=Nc3ccccc32)c(O)n1-c1cccc(O)c1. The van der Waals surface area contributed by atoms with Gasteiger partial charge in [0, 0.05) is 23.4 Å². The number of hydrogen-bond donors (Lipinski definition) is 2. The standard InChI is InChI=1S/C18H12N2O3S/c21-13-5-3-4-12(9-13)20-17(22)16(24-18(20)23)8-11-10-19-15-7-2-1-6-14(11)15/h1-10,21-22H/b11-8-. The molecule has 1 aliphatic rings. The van der Waals surface area contributed by atoms with E-state index < -0.39 is 0 Å².